The normalized spacial score (nSPS) is 16.5. The summed E-state index contributed by atoms with van der Waals surface area (Å²) in [7, 11) is 1.50. The molecule has 39 heavy (non-hydrogen) atoms. The Morgan fingerprint density at radius 1 is 1.08 bits per heavy atom. The highest BCUT2D eigenvalue weighted by Crippen LogP contribution is 2.36. The van der Waals surface area contributed by atoms with Gasteiger partial charge in [0.05, 0.1) is 30.5 Å². The zero-order chi connectivity index (χ0) is 28.2. The number of nitrogens with zero attached hydrogens (tertiary/aromatic N) is 2. The number of likely N-dealkylation sites (tertiary alicyclic amines) is 1. The standard InChI is InChI=1S/C29H30FN3O6/c1-19-16-20(8-13-23(19)33(28(31)37)24-6-3-4-7-25(24)38-2)17-26(34)32-15-5-14-29(32,30)18-39-22-11-9-21(10-12-22)27(35)36/h3-4,6-13,16H,5,14-15,17-18H2,1-2H3,(H2,31,37)(H,35,36)/t29-/m1/s1. The third-order valence-corrected chi connectivity index (χ3v) is 6.69. The van der Waals surface area contributed by atoms with E-state index in [4.69, 9.17) is 20.3 Å². The number of carboxylic acid groups (broad SMARTS) is 1. The van der Waals surface area contributed by atoms with Gasteiger partial charge in [-0.1, -0.05) is 24.3 Å². The Morgan fingerprint density at radius 2 is 1.79 bits per heavy atom. The van der Waals surface area contributed by atoms with Gasteiger partial charge < -0.3 is 25.2 Å². The van der Waals surface area contributed by atoms with E-state index in [1.165, 1.54) is 41.2 Å². The molecule has 9 nitrogen and oxygen atoms in total. The van der Waals surface area contributed by atoms with Gasteiger partial charge in [-0.05, 0) is 66.9 Å². The van der Waals surface area contributed by atoms with Crippen molar-refractivity contribution >= 4 is 29.3 Å². The summed E-state index contributed by atoms with van der Waals surface area (Å²) in [5.74, 6) is -2.64. The molecular weight excluding hydrogens is 505 g/mol. The fraction of sp³-hybridized carbons (Fsp3) is 0.276. The summed E-state index contributed by atoms with van der Waals surface area (Å²) in [6, 6.07) is 17.2. The maximum absolute atomic E-state index is 15.8. The van der Waals surface area contributed by atoms with Gasteiger partial charge in [-0.15, -0.1) is 0 Å². The van der Waals surface area contributed by atoms with Crippen LogP contribution in [0, 0.1) is 6.92 Å². The highest BCUT2D eigenvalue weighted by molar-refractivity contribution is 6.00. The fourth-order valence-electron chi connectivity index (χ4n) is 4.76. The predicted molar refractivity (Wildman–Crippen MR) is 143 cm³/mol. The number of alkyl halides is 1. The number of ether oxygens (including phenoxy) is 2. The van der Waals surface area contributed by atoms with Crippen LogP contribution in [0.3, 0.4) is 0 Å². The van der Waals surface area contributed by atoms with Crippen molar-refractivity contribution in [3.05, 3.63) is 83.4 Å². The number of rotatable bonds is 9. The minimum atomic E-state index is -1.98. The van der Waals surface area contributed by atoms with Gasteiger partial charge in [-0.3, -0.25) is 9.69 Å². The van der Waals surface area contributed by atoms with Gasteiger partial charge in [0.15, 0.2) is 0 Å². The molecule has 1 atom stereocenters. The second-order valence-corrected chi connectivity index (χ2v) is 9.33. The number of hydrogen-bond donors (Lipinski definition) is 2. The molecule has 3 aromatic rings. The average Bonchev–Trinajstić information content (AvgIpc) is 3.31. The van der Waals surface area contributed by atoms with Crippen LogP contribution < -0.4 is 20.1 Å². The van der Waals surface area contributed by atoms with Crippen molar-refractivity contribution in [3.8, 4) is 11.5 Å². The molecule has 1 fully saturated rings. The Bertz CT molecular complexity index is 1380. The molecule has 0 radical (unpaired) electrons. The predicted octanol–water partition coefficient (Wildman–Crippen LogP) is 4.83. The largest absolute Gasteiger partial charge is 0.495 e. The molecule has 1 aliphatic heterocycles. The summed E-state index contributed by atoms with van der Waals surface area (Å²) >= 11 is 0. The lowest BCUT2D eigenvalue weighted by atomic mass is 10.0. The number of carbonyl (C=O) groups is 3. The summed E-state index contributed by atoms with van der Waals surface area (Å²) in [6.07, 6.45) is 0.593. The number of amides is 3. The smallest absolute Gasteiger partial charge is 0.335 e. The molecule has 1 heterocycles. The van der Waals surface area contributed by atoms with E-state index in [-0.39, 0.29) is 37.5 Å². The van der Waals surface area contributed by atoms with Crippen molar-refractivity contribution in [2.75, 3.05) is 25.2 Å². The molecule has 3 N–H and O–H groups in total. The number of methoxy groups -OCH3 is 1. The molecule has 3 aromatic carbocycles. The highest BCUT2D eigenvalue weighted by atomic mass is 19.1. The molecule has 0 unspecified atom stereocenters. The zero-order valence-electron chi connectivity index (χ0n) is 21.7. The van der Waals surface area contributed by atoms with E-state index in [0.717, 1.165) is 0 Å². The van der Waals surface area contributed by atoms with Crippen LogP contribution in [0.1, 0.15) is 34.3 Å². The van der Waals surface area contributed by atoms with Gasteiger partial charge in [0, 0.05) is 13.0 Å². The van der Waals surface area contributed by atoms with Gasteiger partial charge in [-0.2, -0.15) is 0 Å². The first-order valence-electron chi connectivity index (χ1n) is 12.4. The van der Waals surface area contributed by atoms with Gasteiger partial charge >= 0.3 is 12.0 Å². The summed E-state index contributed by atoms with van der Waals surface area (Å²) in [4.78, 5) is 39.1. The third-order valence-electron chi connectivity index (χ3n) is 6.69. The quantitative estimate of drug-likeness (QED) is 0.379. The van der Waals surface area contributed by atoms with Crippen LogP contribution in [0.5, 0.6) is 11.5 Å². The molecule has 0 aliphatic carbocycles. The lowest BCUT2D eigenvalue weighted by Crippen LogP contribution is -2.48. The number of anilines is 2. The van der Waals surface area contributed by atoms with Crippen molar-refractivity contribution in [2.45, 2.75) is 32.0 Å². The minimum absolute atomic E-state index is 0.0364. The van der Waals surface area contributed by atoms with Crippen molar-refractivity contribution in [1.82, 2.24) is 4.90 Å². The number of nitrogens with two attached hydrogens (primary N) is 1. The van der Waals surface area contributed by atoms with Crippen LogP contribution in [-0.2, 0) is 11.2 Å². The monoisotopic (exact) mass is 535 g/mol. The molecule has 1 aliphatic rings. The van der Waals surface area contributed by atoms with Crippen LogP contribution in [-0.4, -0.2) is 54.0 Å². The molecule has 10 heteroatoms. The third kappa shape index (κ3) is 5.95. The fourth-order valence-corrected chi connectivity index (χ4v) is 4.76. The molecule has 3 amide bonds. The van der Waals surface area contributed by atoms with Crippen LogP contribution >= 0.6 is 0 Å². The van der Waals surface area contributed by atoms with Crippen molar-refractivity contribution in [3.63, 3.8) is 0 Å². The lowest BCUT2D eigenvalue weighted by Gasteiger charge is -2.31. The second kappa shape index (κ2) is 11.4. The first-order chi connectivity index (χ1) is 18.6. The second-order valence-electron chi connectivity index (χ2n) is 9.33. The summed E-state index contributed by atoms with van der Waals surface area (Å²) in [5.41, 5.74) is 8.18. The Morgan fingerprint density at radius 3 is 2.44 bits per heavy atom. The SMILES string of the molecule is COc1ccccc1N(C(N)=O)c1ccc(CC(=O)N2CCC[C@]2(F)COc2ccc(C(=O)O)cc2)cc1C. The van der Waals surface area contributed by atoms with E-state index in [2.05, 4.69) is 0 Å². The minimum Gasteiger partial charge on any atom is -0.495 e. The average molecular weight is 536 g/mol. The molecule has 1 saturated heterocycles. The van der Waals surface area contributed by atoms with Crippen LogP contribution in [0.25, 0.3) is 0 Å². The van der Waals surface area contributed by atoms with E-state index >= 15 is 4.39 Å². The number of carbonyl (C=O) groups excluding carboxylic acids is 2. The number of aryl methyl sites for hydroxylation is 1. The number of para-hydroxylation sites is 2. The molecule has 204 valence electrons. The number of halogens is 1. The Hall–Kier alpha value is -4.60. The Balaban J connectivity index is 1.47. The highest BCUT2D eigenvalue weighted by Gasteiger charge is 2.44. The maximum atomic E-state index is 15.8. The number of aromatic carboxylic acids is 1. The maximum Gasteiger partial charge on any atom is 0.335 e. The zero-order valence-corrected chi connectivity index (χ0v) is 21.7. The first kappa shape index (κ1) is 27.4. The van der Waals surface area contributed by atoms with Crippen molar-refractivity contribution < 1.29 is 33.4 Å². The first-order valence-corrected chi connectivity index (χ1v) is 12.4. The lowest BCUT2D eigenvalue weighted by molar-refractivity contribution is -0.144. The molecular formula is C29H30FN3O6. The summed E-state index contributed by atoms with van der Waals surface area (Å²) in [6.45, 7) is 1.69. The number of hydrogen-bond acceptors (Lipinski definition) is 5. The van der Waals surface area contributed by atoms with Crippen LogP contribution in [0.4, 0.5) is 20.6 Å². The van der Waals surface area contributed by atoms with Gasteiger partial charge in [-0.25, -0.2) is 14.0 Å². The van der Waals surface area contributed by atoms with Gasteiger partial charge in [0.1, 0.15) is 18.1 Å². The van der Waals surface area contributed by atoms with Crippen molar-refractivity contribution in [1.29, 1.82) is 0 Å². The number of benzene rings is 3. The molecule has 0 spiro atoms. The van der Waals surface area contributed by atoms with E-state index in [1.807, 2.05) is 0 Å². The number of urea groups is 1. The molecule has 4 rings (SSSR count). The molecule has 0 aromatic heterocycles. The van der Waals surface area contributed by atoms with Crippen LogP contribution in [0.2, 0.25) is 0 Å². The summed E-state index contributed by atoms with van der Waals surface area (Å²) in [5, 5.41) is 9.02. The molecule has 0 bridgehead atoms. The topological polar surface area (TPSA) is 122 Å². The van der Waals surface area contributed by atoms with Gasteiger partial charge in [0.25, 0.3) is 0 Å². The van der Waals surface area contributed by atoms with Gasteiger partial charge in [0.2, 0.25) is 11.7 Å². The van der Waals surface area contributed by atoms with Crippen molar-refractivity contribution in [2.24, 2.45) is 5.73 Å². The Kier molecular flexibility index (Phi) is 8.04. The number of carboxylic acids is 1. The van der Waals surface area contributed by atoms with E-state index < -0.39 is 17.8 Å². The van der Waals surface area contributed by atoms with E-state index in [1.54, 1.807) is 49.4 Å². The molecule has 0 saturated carbocycles. The van der Waals surface area contributed by atoms with Crippen LogP contribution in [0.15, 0.2) is 66.7 Å². The van der Waals surface area contributed by atoms with E-state index in [0.29, 0.717) is 40.4 Å². The Labute approximate surface area is 225 Å². The van der Waals surface area contributed by atoms with E-state index in [9.17, 15) is 14.4 Å². The number of primary amides is 1. The summed E-state index contributed by atoms with van der Waals surface area (Å²) < 4.78 is 26.8.